The first kappa shape index (κ1) is 23.7. The summed E-state index contributed by atoms with van der Waals surface area (Å²) in [6, 6.07) is 31.7. The van der Waals surface area contributed by atoms with Gasteiger partial charge in [-0.25, -0.2) is 0 Å². The molecule has 2 atom stereocenters. The maximum absolute atomic E-state index is 13.2. The monoisotopic (exact) mass is 504 g/mol. The summed E-state index contributed by atoms with van der Waals surface area (Å²) in [6.07, 6.45) is 4.40. The fourth-order valence-corrected chi connectivity index (χ4v) is 9.33. The quantitative estimate of drug-likeness (QED) is 0.225. The van der Waals surface area contributed by atoms with E-state index in [2.05, 4.69) is 80.6 Å². The predicted octanol–water partition coefficient (Wildman–Crippen LogP) is 8.78. The van der Waals surface area contributed by atoms with Crippen molar-refractivity contribution in [3.63, 3.8) is 0 Å². The molecule has 37 heavy (non-hydrogen) atoms. The Morgan fingerprint density at radius 2 is 1.05 bits per heavy atom. The van der Waals surface area contributed by atoms with Gasteiger partial charge < -0.3 is 8.83 Å². The van der Waals surface area contributed by atoms with Crippen molar-refractivity contribution in [3.8, 4) is 22.3 Å². The van der Waals surface area contributed by atoms with Gasteiger partial charge in [0.2, 0.25) is 0 Å². The van der Waals surface area contributed by atoms with E-state index >= 15 is 0 Å². The molecule has 1 saturated heterocycles. The number of carbonyl (C=O) groups is 1. The van der Waals surface area contributed by atoms with Crippen molar-refractivity contribution < 1.29 is 13.6 Å². The number of carbonyl (C=O) groups excluding carboxylic acids is 1. The van der Waals surface area contributed by atoms with Crippen molar-refractivity contribution in [3.05, 3.63) is 126 Å². The molecule has 0 spiro atoms. The van der Waals surface area contributed by atoms with Crippen LogP contribution in [0.4, 0.5) is 0 Å². The lowest BCUT2D eigenvalue weighted by molar-refractivity contribution is -0.119. The van der Waals surface area contributed by atoms with E-state index < -0.39 is 7.92 Å². The molecule has 0 radical (unpaired) electrons. The first-order valence-electron chi connectivity index (χ1n) is 12.7. The van der Waals surface area contributed by atoms with Gasteiger partial charge >= 0.3 is 0 Å². The van der Waals surface area contributed by atoms with Crippen molar-refractivity contribution >= 4 is 19.0 Å². The predicted molar refractivity (Wildman–Crippen MR) is 150 cm³/mol. The molecule has 6 rings (SSSR count). The largest absolute Gasteiger partial charge is 0.469 e. The molecule has 5 aromatic rings. The van der Waals surface area contributed by atoms with Gasteiger partial charge in [0.05, 0.1) is 12.5 Å². The Balaban J connectivity index is 1.68. The highest BCUT2D eigenvalue weighted by Crippen LogP contribution is 2.68. The Morgan fingerprint density at radius 1 is 0.595 bits per heavy atom. The van der Waals surface area contributed by atoms with Crippen LogP contribution in [-0.2, 0) is 4.79 Å². The van der Waals surface area contributed by atoms with Gasteiger partial charge in [0.15, 0.2) is 0 Å². The van der Waals surface area contributed by atoms with Crippen molar-refractivity contribution in [2.45, 2.75) is 38.0 Å². The molecule has 1 aliphatic rings. The first-order chi connectivity index (χ1) is 18.1. The Hall–Kier alpha value is -3.68. The van der Waals surface area contributed by atoms with Crippen molar-refractivity contribution in [2.24, 2.45) is 0 Å². The third-order valence-electron chi connectivity index (χ3n) is 7.42. The number of ketones is 1. The molecule has 0 saturated carbocycles. The lowest BCUT2D eigenvalue weighted by Crippen LogP contribution is -2.25. The number of furan rings is 2. The molecule has 2 aromatic heterocycles. The summed E-state index contributed by atoms with van der Waals surface area (Å²) in [6.45, 7) is 4.34. The zero-order valence-corrected chi connectivity index (χ0v) is 22.0. The molecule has 4 heteroatoms. The topological polar surface area (TPSA) is 43.4 Å². The average Bonchev–Trinajstić information content (AvgIpc) is 3.64. The molecule has 0 bridgehead atoms. The van der Waals surface area contributed by atoms with Crippen LogP contribution < -0.4 is 5.30 Å². The lowest BCUT2D eigenvalue weighted by atomic mass is 9.94. The van der Waals surface area contributed by atoms with Gasteiger partial charge in [-0.2, -0.15) is 0 Å². The van der Waals surface area contributed by atoms with Crippen LogP contribution in [0.3, 0.4) is 0 Å². The van der Waals surface area contributed by atoms with E-state index in [-0.39, 0.29) is 17.1 Å². The zero-order chi connectivity index (χ0) is 25.4. The standard InChI is InChI=1S/C33H29O3P/c1-22-10-3-5-12-25(22)27-14-7-15-28(26-13-6-4-11-23(26)2)33(27)37-31(29-16-8-18-35-29)20-24(34)21-32(37)30-17-9-19-36-30/h3-19,31-32H,20-21H2,1-2H3. The van der Waals surface area contributed by atoms with Gasteiger partial charge in [0.25, 0.3) is 0 Å². The van der Waals surface area contributed by atoms with Crippen LogP contribution in [0, 0.1) is 13.8 Å². The zero-order valence-electron chi connectivity index (χ0n) is 21.1. The van der Waals surface area contributed by atoms with E-state index in [1.165, 1.54) is 38.7 Å². The van der Waals surface area contributed by atoms with Crippen LogP contribution in [0.15, 0.2) is 112 Å². The minimum absolute atomic E-state index is 0.0331. The van der Waals surface area contributed by atoms with Gasteiger partial charge in [-0.05, 0) is 76.8 Å². The molecule has 0 amide bonds. The van der Waals surface area contributed by atoms with Gasteiger partial charge in [0, 0.05) is 24.2 Å². The van der Waals surface area contributed by atoms with Crippen LogP contribution in [-0.4, -0.2) is 5.78 Å². The molecule has 0 N–H and O–H groups in total. The van der Waals surface area contributed by atoms with E-state index in [0.717, 1.165) is 11.5 Å². The highest BCUT2D eigenvalue weighted by molar-refractivity contribution is 7.67. The SMILES string of the molecule is Cc1ccccc1-c1cccc(-c2ccccc2C)c1P1C(c2ccco2)CC(=O)CC1c1ccco1. The van der Waals surface area contributed by atoms with E-state index in [0.29, 0.717) is 12.8 Å². The Labute approximate surface area is 218 Å². The third-order valence-corrected chi connectivity index (χ3v) is 10.6. The second kappa shape index (κ2) is 10.00. The smallest absolute Gasteiger partial charge is 0.135 e. The molecule has 1 aliphatic heterocycles. The number of rotatable bonds is 5. The van der Waals surface area contributed by atoms with Crippen LogP contribution in [0.25, 0.3) is 22.3 Å². The highest BCUT2D eigenvalue weighted by atomic mass is 31.1. The van der Waals surface area contributed by atoms with Gasteiger partial charge in [0.1, 0.15) is 17.3 Å². The van der Waals surface area contributed by atoms with Gasteiger partial charge in [-0.3, -0.25) is 4.79 Å². The summed E-state index contributed by atoms with van der Waals surface area (Å²) < 4.78 is 12.0. The maximum Gasteiger partial charge on any atom is 0.135 e. The molecule has 3 nitrogen and oxygen atoms in total. The maximum atomic E-state index is 13.2. The minimum Gasteiger partial charge on any atom is -0.469 e. The number of benzene rings is 3. The van der Waals surface area contributed by atoms with E-state index in [1.807, 2.05) is 24.3 Å². The fourth-order valence-electron chi connectivity index (χ4n) is 5.68. The highest BCUT2D eigenvalue weighted by Gasteiger charge is 2.44. The Morgan fingerprint density at radius 3 is 1.49 bits per heavy atom. The number of hydrogen-bond acceptors (Lipinski definition) is 3. The van der Waals surface area contributed by atoms with Gasteiger partial charge in [-0.15, -0.1) is 0 Å². The molecular formula is C33H29O3P. The van der Waals surface area contributed by atoms with Crippen LogP contribution in [0.1, 0.15) is 46.8 Å². The number of aryl methyl sites for hydroxylation is 2. The Bertz CT molecular complexity index is 1420. The minimum atomic E-state index is -0.943. The molecule has 3 heterocycles. The molecule has 3 aromatic carbocycles. The average molecular weight is 505 g/mol. The second-order valence-corrected chi connectivity index (χ2v) is 12.3. The van der Waals surface area contributed by atoms with E-state index in [4.69, 9.17) is 8.83 Å². The summed E-state index contributed by atoms with van der Waals surface area (Å²) in [5.41, 5.74) is 7.31. The Kier molecular flexibility index (Phi) is 6.40. The van der Waals surface area contributed by atoms with Gasteiger partial charge in [-0.1, -0.05) is 74.7 Å². The summed E-state index contributed by atoms with van der Waals surface area (Å²) >= 11 is 0. The van der Waals surface area contributed by atoms with Crippen molar-refractivity contribution in [1.82, 2.24) is 0 Å². The summed E-state index contributed by atoms with van der Waals surface area (Å²) in [5.74, 6) is 2.02. The van der Waals surface area contributed by atoms with E-state index in [1.54, 1.807) is 12.5 Å². The van der Waals surface area contributed by atoms with Crippen LogP contribution in [0.5, 0.6) is 0 Å². The normalized spacial score (nSPS) is 19.7. The van der Waals surface area contributed by atoms with E-state index in [9.17, 15) is 4.79 Å². The molecular weight excluding hydrogens is 475 g/mol. The summed E-state index contributed by atoms with van der Waals surface area (Å²) in [5, 5.41) is 1.32. The molecule has 184 valence electrons. The second-order valence-electron chi connectivity index (χ2n) is 9.75. The summed E-state index contributed by atoms with van der Waals surface area (Å²) in [4.78, 5) is 13.2. The first-order valence-corrected chi connectivity index (χ1v) is 14.2. The molecule has 0 aliphatic carbocycles. The number of Topliss-reactive ketones (excluding diaryl/α,β-unsaturated/α-hetero) is 1. The summed E-state index contributed by atoms with van der Waals surface area (Å²) in [7, 11) is -0.943. The number of hydrogen-bond donors (Lipinski definition) is 0. The van der Waals surface area contributed by atoms with Crippen molar-refractivity contribution in [1.29, 1.82) is 0 Å². The fraction of sp³-hybridized carbons (Fsp3) is 0.182. The van der Waals surface area contributed by atoms with Crippen molar-refractivity contribution in [2.75, 3.05) is 0 Å². The third kappa shape index (κ3) is 4.38. The van der Waals surface area contributed by atoms with Crippen LogP contribution >= 0.6 is 7.92 Å². The molecule has 1 fully saturated rings. The lowest BCUT2D eigenvalue weighted by Gasteiger charge is -2.39. The van der Waals surface area contributed by atoms with Crippen LogP contribution in [0.2, 0.25) is 0 Å². The molecule has 2 unspecified atom stereocenters.